The number of hydrazine groups is 1. The second kappa shape index (κ2) is 6.33. The molecule has 0 saturated heterocycles. The number of nitrogens with one attached hydrogen (secondary N) is 2. The van der Waals surface area contributed by atoms with Crippen molar-refractivity contribution in [1.82, 2.24) is 15.0 Å². The lowest BCUT2D eigenvalue weighted by Gasteiger charge is -2.16. The number of nitrogen functional groups attached to an aromatic ring is 1. The molecular formula is C13H20N6O. The van der Waals surface area contributed by atoms with E-state index in [0.717, 1.165) is 30.0 Å². The molecule has 2 rings (SSSR count). The van der Waals surface area contributed by atoms with Gasteiger partial charge in [-0.15, -0.1) is 0 Å². The van der Waals surface area contributed by atoms with Gasteiger partial charge in [0.25, 0.3) is 0 Å². The maximum absolute atomic E-state index is 5.52. The quantitative estimate of drug-likeness (QED) is 0.549. The topological polar surface area (TPSA) is 102 Å². The molecule has 0 aliphatic carbocycles. The molecule has 1 atom stereocenters. The van der Waals surface area contributed by atoms with Gasteiger partial charge in [-0.2, -0.15) is 0 Å². The summed E-state index contributed by atoms with van der Waals surface area (Å²) < 4.78 is 5.52. The Morgan fingerprint density at radius 2 is 2.05 bits per heavy atom. The van der Waals surface area contributed by atoms with Crippen molar-refractivity contribution in [2.24, 2.45) is 5.84 Å². The first-order chi connectivity index (χ1) is 9.65. The molecule has 108 valence electrons. The molecule has 0 spiro atoms. The molecule has 0 amide bonds. The minimum Gasteiger partial charge on any atom is -0.444 e. The van der Waals surface area contributed by atoms with E-state index in [9.17, 15) is 0 Å². The summed E-state index contributed by atoms with van der Waals surface area (Å²) in [4.78, 5) is 12.6. The van der Waals surface area contributed by atoms with E-state index in [1.807, 2.05) is 13.8 Å². The highest BCUT2D eigenvalue weighted by molar-refractivity contribution is 5.57. The lowest BCUT2D eigenvalue weighted by Crippen LogP contribution is -2.16. The summed E-state index contributed by atoms with van der Waals surface area (Å²) in [5, 5.41) is 3.30. The van der Waals surface area contributed by atoms with E-state index in [0.29, 0.717) is 11.7 Å². The van der Waals surface area contributed by atoms with Crippen molar-refractivity contribution in [3.05, 3.63) is 29.7 Å². The van der Waals surface area contributed by atoms with E-state index in [-0.39, 0.29) is 6.04 Å². The maximum atomic E-state index is 5.52. The molecule has 20 heavy (non-hydrogen) atoms. The molecule has 0 fully saturated rings. The monoisotopic (exact) mass is 276 g/mol. The molecule has 0 aromatic carbocycles. The number of aryl methyl sites for hydroxylation is 1. The highest BCUT2D eigenvalue weighted by Crippen LogP contribution is 2.25. The Balaban J connectivity index is 2.24. The Bertz CT molecular complexity index is 568. The minimum absolute atomic E-state index is 0.0835. The summed E-state index contributed by atoms with van der Waals surface area (Å²) in [6.07, 6.45) is 4.99. The molecule has 7 heteroatoms. The number of hydrogen-bond donors (Lipinski definition) is 3. The summed E-state index contributed by atoms with van der Waals surface area (Å²) in [7, 11) is 0. The molecule has 0 radical (unpaired) electrons. The third kappa shape index (κ3) is 3.05. The fourth-order valence-electron chi connectivity index (χ4n) is 1.99. The highest BCUT2D eigenvalue weighted by Gasteiger charge is 2.16. The predicted molar refractivity (Wildman–Crippen MR) is 77.1 cm³/mol. The van der Waals surface area contributed by atoms with Crippen LogP contribution in [-0.4, -0.2) is 15.0 Å². The number of nitrogens with zero attached hydrogens (tertiary/aromatic N) is 3. The average Bonchev–Trinajstić information content (AvgIpc) is 2.87. The van der Waals surface area contributed by atoms with Gasteiger partial charge in [0.05, 0.1) is 6.20 Å². The Kier molecular flexibility index (Phi) is 4.52. The molecular weight excluding hydrogens is 256 g/mol. The third-order valence-electron chi connectivity index (χ3n) is 2.94. The number of anilines is 2. The lowest BCUT2D eigenvalue weighted by molar-refractivity contribution is 0.453. The maximum Gasteiger partial charge on any atom is 0.216 e. The van der Waals surface area contributed by atoms with Crippen LogP contribution in [-0.2, 0) is 6.42 Å². The summed E-state index contributed by atoms with van der Waals surface area (Å²) in [6, 6.07) is -0.0835. The average molecular weight is 276 g/mol. The van der Waals surface area contributed by atoms with Gasteiger partial charge in [0.1, 0.15) is 29.8 Å². The number of hydrogen-bond acceptors (Lipinski definition) is 7. The zero-order chi connectivity index (χ0) is 14.5. The van der Waals surface area contributed by atoms with Crippen LogP contribution in [0.1, 0.15) is 43.5 Å². The zero-order valence-corrected chi connectivity index (χ0v) is 12.0. The van der Waals surface area contributed by atoms with Crippen molar-refractivity contribution in [2.45, 2.75) is 39.7 Å². The molecule has 0 bridgehead atoms. The first kappa shape index (κ1) is 14.3. The van der Waals surface area contributed by atoms with Crippen molar-refractivity contribution in [3.63, 3.8) is 0 Å². The SMILES string of the molecule is CCCc1c(NN)ncnc1NC(C)c1ncc(C)o1. The molecule has 4 N–H and O–H groups in total. The van der Waals surface area contributed by atoms with E-state index in [1.165, 1.54) is 6.33 Å². The second-order valence-corrected chi connectivity index (χ2v) is 4.62. The minimum atomic E-state index is -0.0835. The van der Waals surface area contributed by atoms with Crippen LogP contribution in [0.3, 0.4) is 0 Å². The summed E-state index contributed by atoms with van der Waals surface area (Å²) in [5.41, 5.74) is 3.57. The molecule has 2 heterocycles. The van der Waals surface area contributed by atoms with Crippen LogP contribution < -0.4 is 16.6 Å². The Morgan fingerprint density at radius 3 is 2.65 bits per heavy atom. The van der Waals surface area contributed by atoms with Crippen LogP contribution in [0.2, 0.25) is 0 Å². The van der Waals surface area contributed by atoms with Crippen molar-refractivity contribution in [3.8, 4) is 0 Å². The zero-order valence-electron chi connectivity index (χ0n) is 12.0. The number of oxazole rings is 1. The van der Waals surface area contributed by atoms with Gasteiger partial charge in [-0.1, -0.05) is 13.3 Å². The standard InChI is InChI=1S/C13H20N6O/c1-4-5-10-11(16-7-17-12(10)19-14)18-9(3)13-15-6-8(2)20-13/h6-7,9H,4-5,14H2,1-3H3,(H2,16,17,18,19). The van der Waals surface area contributed by atoms with Crippen LogP contribution in [0.15, 0.2) is 16.9 Å². The Morgan fingerprint density at radius 1 is 1.30 bits per heavy atom. The Labute approximate surface area is 118 Å². The van der Waals surface area contributed by atoms with E-state index in [4.69, 9.17) is 10.3 Å². The highest BCUT2D eigenvalue weighted by atomic mass is 16.4. The summed E-state index contributed by atoms with van der Waals surface area (Å²) in [5.74, 6) is 8.30. The molecule has 0 aliphatic rings. The largest absolute Gasteiger partial charge is 0.444 e. The van der Waals surface area contributed by atoms with Crippen LogP contribution in [0.25, 0.3) is 0 Å². The van der Waals surface area contributed by atoms with E-state index in [1.54, 1.807) is 6.20 Å². The van der Waals surface area contributed by atoms with Crippen LogP contribution in [0.4, 0.5) is 11.6 Å². The van der Waals surface area contributed by atoms with Crippen molar-refractivity contribution in [1.29, 1.82) is 0 Å². The molecule has 7 nitrogen and oxygen atoms in total. The van der Waals surface area contributed by atoms with Gasteiger partial charge in [-0.25, -0.2) is 20.8 Å². The van der Waals surface area contributed by atoms with Gasteiger partial charge in [-0.3, -0.25) is 0 Å². The number of rotatable bonds is 6. The van der Waals surface area contributed by atoms with Crippen LogP contribution in [0, 0.1) is 6.92 Å². The predicted octanol–water partition coefficient (Wildman–Crippen LogP) is 2.18. The molecule has 0 saturated carbocycles. The fraction of sp³-hybridized carbons (Fsp3) is 0.462. The van der Waals surface area contributed by atoms with Crippen molar-refractivity contribution in [2.75, 3.05) is 10.7 Å². The van der Waals surface area contributed by atoms with Gasteiger partial charge in [0, 0.05) is 5.56 Å². The summed E-state index contributed by atoms with van der Waals surface area (Å²) >= 11 is 0. The Hall–Kier alpha value is -2.15. The lowest BCUT2D eigenvalue weighted by atomic mass is 10.1. The van der Waals surface area contributed by atoms with Gasteiger partial charge < -0.3 is 15.2 Å². The van der Waals surface area contributed by atoms with Crippen molar-refractivity contribution >= 4 is 11.6 Å². The number of aromatic nitrogens is 3. The third-order valence-corrected chi connectivity index (χ3v) is 2.94. The van der Waals surface area contributed by atoms with Crippen LogP contribution >= 0.6 is 0 Å². The first-order valence-corrected chi connectivity index (χ1v) is 6.65. The molecule has 1 unspecified atom stereocenters. The number of nitrogens with two attached hydrogens (primary N) is 1. The van der Waals surface area contributed by atoms with E-state index < -0.39 is 0 Å². The first-order valence-electron chi connectivity index (χ1n) is 6.65. The van der Waals surface area contributed by atoms with Gasteiger partial charge in [0.15, 0.2) is 0 Å². The van der Waals surface area contributed by atoms with E-state index in [2.05, 4.69) is 32.6 Å². The molecule has 0 aliphatic heterocycles. The van der Waals surface area contributed by atoms with Gasteiger partial charge in [-0.05, 0) is 20.3 Å². The normalized spacial score (nSPS) is 12.2. The molecule has 2 aromatic heterocycles. The second-order valence-electron chi connectivity index (χ2n) is 4.62. The van der Waals surface area contributed by atoms with Crippen molar-refractivity contribution < 1.29 is 4.42 Å². The van der Waals surface area contributed by atoms with E-state index >= 15 is 0 Å². The van der Waals surface area contributed by atoms with Crippen LogP contribution in [0.5, 0.6) is 0 Å². The smallest absolute Gasteiger partial charge is 0.216 e. The van der Waals surface area contributed by atoms with Gasteiger partial charge >= 0.3 is 0 Å². The van der Waals surface area contributed by atoms with Gasteiger partial charge in [0.2, 0.25) is 5.89 Å². The fourth-order valence-corrected chi connectivity index (χ4v) is 1.99. The molecule has 2 aromatic rings. The summed E-state index contributed by atoms with van der Waals surface area (Å²) in [6.45, 7) is 5.93.